The zero-order valence-corrected chi connectivity index (χ0v) is 14.1. The Morgan fingerprint density at radius 3 is 2.30 bits per heavy atom. The lowest BCUT2D eigenvalue weighted by Crippen LogP contribution is -2.44. The van der Waals surface area contributed by atoms with E-state index >= 15 is 0 Å². The van der Waals surface area contributed by atoms with Gasteiger partial charge in [0.05, 0.1) is 11.4 Å². The summed E-state index contributed by atoms with van der Waals surface area (Å²) in [6.45, 7) is 9.90. The van der Waals surface area contributed by atoms with Crippen LogP contribution in [0.5, 0.6) is 5.75 Å². The van der Waals surface area contributed by atoms with E-state index in [9.17, 15) is 13.6 Å². The number of carbonyl (C=O) groups is 1. The zero-order valence-electron chi connectivity index (χ0n) is 12.3. The highest BCUT2D eigenvalue weighted by molar-refractivity contribution is 6.74. The molecule has 0 bridgehead atoms. The molecule has 0 unspecified atom stereocenters. The normalized spacial score (nSPS) is 12.4. The standard InChI is InChI=1S/C14H19ClF2O2Si/c1-14(2,3)20(4,5)19-11-7-6-9(16)12(13(11)17)10(18)8-15/h6-7H,8H2,1-5H3. The van der Waals surface area contributed by atoms with E-state index in [-0.39, 0.29) is 10.8 Å². The molecule has 112 valence electrons. The lowest BCUT2D eigenvalue weighted by Gasteiger charge is -2.36. The summed E-state index contributed by atoms with van der Waals surface area (Å²) in [7, 11) is -2.27. The van der Waals surface area contributed by atoms with E-state index in [1.807, 2.05) is 33.9 Å². The van der Waals surface area contributed by atoms with Crippen molar-refractivity contribution in [3.05, 3.63) is 29.3 Å². The monoisotopic (exact) mass is 320 g/mol. The number of alkyl halides is 1. The minimum Gasteiger partial charge on any atom is -0.542 e. The summed E-state index contributed by atoms with van der Waals surface area (Å²) >= 11 is 5.37. The van der Waals surface area contributed by atoms with Gasteiger partial charge in [0.2, 0.25) is 0 Å². The highest BCUT2D eigenvalue weighted by Crippen LogP contribution is 2.38. The summed E-state index contributed by atoms with van der Waals surface area (Å²) in [4.78, 5) is 11.5. The van der Waals surface area contributed by atoms with Gasteiger partial charge in [0.25, 0.3) is 8.32 Å². The first-order chi connectivity index (χ1) is 9.01. The molecule has 20 heavy (non-hydrogen) atoms. The molecular formula is C14H19ClF2O2Si. The molecule has 1 aromatic carbocycles. The van der Waals surface area contributed by atoms with E-state index in [0.717, 1.165) is 6.07 Å². The van der Waals surface area contributed by atoms with Crippen LogP contribution in [0.1, 0.15) is 31.1 Å². The third-order valence-electron chi connectivity index (χ3n) is 3.63. The van der Waals surface area contributed by atoms with Crippen LogP contribution in [0, 0.1) is 11.6 Å². The zero-order chi connectivity index (χ0) is 15.7. The maximum Gasteiger partial charge on any atom is 0.250 e. The van der Waals surface area contributed by atoms with Crippen molar-refractivity contribution in [1.82, 2.24) is 0 Å². The smallest absolute Gasteiger partial charge is 0.250 e. The van der Waals surface area contributed by atoms with Crippen molar-refractivity contribution in [3.63, 3.8) is 0 Å². The van der Waals surface area contributed by atoms with E-state index < -0.39 is 37.2 Å². The Morgan fingerprint density at radius 1 is 1.30 bits per heavy atom. The average Bonchev–Trinajstić information content (AvgIpc) is 2.31. The molecule has 1 rings (SSSR count). The van der Waals surface area contributed by atoms with Crippen molar-refractivity contribution in [2.75, 3.05) is 5.88 Å². The van der Waals surface area contributed by atoms with Gasteiger partial charge in [0.1, 0.15) is 11.6 Å². The largest absolute Gasteiger partial charge is 0.542 e. The molecule has 0 heterocycles. The van der Waals surface area contributed by atoms with Gasteiger partial charge in [-0.05, 0) is 30.3 Å². The number of hydrogen-bond donors (Lipinski definition) is 0. The predicted octanol–water partition coefficient (Wildman–Crippen LogP) is 4.77. The van der Waals surface area contributed by atoms with Gasteiger partial charge in [0.15, 0.2) is 11.6 Å². The first-order valence-corrected chi connectivity index (χ1v) is 9.71. The van der Waals surface area contributed by atoms with Crippen LogP contribution in [0.25, 0.3) is 0 Å². The molecule has 0 aliphatic rings. The molecular weight excluding hydrogens is 302 g/mol. The Morgan fingerprint density at radius 2 is 1.85 bits per heavy atom. The summed E-state index contributed by atoms with van der Waals surface area (Å²) < 4.78 is 33.6. The van der Waals surface area contributed by atoms with Crippen LogP contribution >= 0.6 is 11.6 Å². The van der Waals surface area contributed by atoms with Gasteiger partial charge in [-0.2, -0.15) is 0 Å². The van der Waals surface area contributed by atoms with Gasteiger partial charge in [-0.3, -0.25) is 4.79 Å². The Kier molecular flexibility index (Phi) is 4.97. The van der Waals surface area contributed by atoms with Crippen molar-refractivity contribution in [2.45, 2.75) is 38.9 Å². The summed E-state index contributed by atoms with van der Waals surface area (Å²) in [6.07, 6.45) is 0. The highest BCUT2D eigenvalue weighted by Gasteiger charge is 2.40. The molecule has 0 aliphatic heterocycles. The van der Waals surface area contributed by atoms with Crippen LogP contribution in [0.3, 0.4) is 0 Å². The SMILES string of the molecule is CC(C)(C)[Si](C)(C)Oc1ccc(F)c(C(=O)CCl)c1F. The molecule has 0 radical (unpaired) electrons. The van der Waals surface area contributed by atoms with Gasteiger partial charge in [-0.1, -0.05) is 20.8 Å². The molecule has 0 N–H and O–H groups in total. The van der Waals surface area contributed by atoms with Crippen LogP contribution < -0.4 is 4.43 Å². The third kappa shape index (κ3) is 3.38. The molecule has 0 aliphatic carbocycles. The molecule has 6 heteroatoms. The Bertz CT molecular complexity index is 525. The van der Waals surface area contributed by atoms with Gasteiger partial charge in [0, 0.05) is 0 Å². The van der Waals surface area contributed by atoms with Crippen LogP contribution in [0.4, 0.5) is 8.78 Å². The second-order valence-corrected chi connectivity index (χ2v) is 11.1. The van der Waals surface area contributed by atoms with Gasteiger partial charge in [-0.15, -0.1) is 11.6 Å². The predicted molar refractivity (Wildman–Crippen MR) is 79.2 cm³/mol. The summed E-state index contributed by atoms with van der Waals surface area (Å²) in [5, 5.41) is -0.134. The lowest BCUT2D eigenvalue weighted by molar-refractivity contribution is 0.101. The summed E-state index contributed by atoms with van der Waals surface area (Å²) in [5.41, 5.74) is -0.629. The van der Waals surface area contributed by atoms with E-state index in [1.165, 1.54) is 6.07 Å². The van der Waals surface area contributed by atoms with Crippen LogP contribution in [0.2, 0.25) is 18.1 Å². The van der Waals surface area contributed by atoms with Crippen LogP contribution in [-0.4, -0.2) is 20.0 Å². The Labute approximate surface area is 124 Å². The Hall–Kier alpha value is -0.943. The third-order valence-corrected chi connectivity index (χ3v) is 8.21. The molecule has 2 nitrogen and oxygen atoms in total. The number of benzene rings is 1. The Balaban J connectivity index is 3.26. The minimum absolute atomic E-state index is 0.0912. The molecule has 0 saturated carbocycles. The minimum atomic E-state index is -2.27. The molecule has 0 atom stereocenters. The molecule has 0 aromatic heterocycles. The fourth-order valence-electron chi connectivity index (χ4n) is 1.36. The van der Waals surface area contributed by atoms with Gasteiger partial charge >= 0.3 is 0 Å². The van der Waals surface area contributed by atoms with E-state index in [1.54, 1.807) is 0 Å². The fraction of sp³-hybridized carbons (Fsp3) is 0.500. The van der Waals surface area contributed by atoms with Crippen LogP contribution in [-0.2, 0) is 0 Å². The highest BCUT2D eigenvalue weighted by atomic mass is 35.5. The molecule has 0 amide bonds. The lowest BCUT2D eigenvalue weighted by atomic mass is 10.1. The van der Waals surface area contributed by atoms with Crippen molar-refractivity contribution >= 4 is 25.7 Å². The number of hydrogen-bond acceptors (Lipinski definition) is 2. The first kappa shape index (κ1) is 17.1. The molecule has 1 aromatic rings. The summed E-state index contributed by atoms with van der Waals surface area (Å²) in [5.74, 6) is -3.25. The molecule has 0 spiro atoms. The van der Waals surface area contributed by atoms with Gasteiger partial charge in [-0.25, -0.2) is 8.78 Å². The maximum absolute atomic E-state index is 14.3. The second-order valence-electron chi connectivity index (χ2n) is 6.15. The topological polar surface area (TPSA) is 26.3 Å². The summed E-state index contributed by atoms with van der Waals surface area (Å²) in [6, 6.07) is 2.25. The second kappa shape index (κ2) is 5.82. The quantitative estimate of drug-likeness (QED) is 0.454. The number of carbonyl (C=O) groups excluding carboxylic acids is 1. The van der Waals surface area contributed by atoms with Crippen molar-refractivity contribution < 1.29 is 18.0 Å². The first-order valence-electron chi connectivity index (χ1n) is 6.27. The van der Waals surface area contributed by atoms with E-state index in [2.05, 4.69) is 0 Å². The van der Waals surface area contributed by atoms with Gasteiger partial charge < -0.3 is 4.43 Å². The maximum atomic E-state index is 14.3. The molecule has 0 saturated heterocycles. The number of rotatable bonds is 4. The number of halogens is 3. The van der Waals surface area contributed by atoms with Crippen molar-refractivity contribution in [1.29, 1.82) is 0 Å². The molecule has 0 fully saturated rings. The number of Topliss-reactive ketones (excluding diaryl/α,β-unsaturated/α-hetero) is 1. The van der Waals surface area contributed by atoms with Crippen LogP contribution in [0.15, 0.2) is 12.1 Å². The number of ketones is 1. The van der Waals surface area contributed by atoms with E-state index in [4.69, 9.17) is 16.0 Å². The van der Waals surface area contributed by atoms with Crippen molar-refractivity contribution in [3.8, 4) is 5.75 Å². The fourth-order valence-corrected chi connectivity index (χ4v) is 2.51. The van der Waals surface area contributed by atoms with Crippen molar-refractivity contribution in [2.24, 2.45) is 0 Å². The van der Waals surface area contributed by atoms with E-state index in [0.29, 0.717) is 0 Å². The average molecular weight is 321 g/mol.